The molecule has 92 valence electrons. The summed E-state index contributed by atoms with van der Waals surface area (Å²) in [6.07, 6.45) is 4.51. The summed E-state index contributed by atoms with van der Waals surface area (Å²) in [6.45, 7) is 3.35. The van der Waals surface area contributed by atoms with E-state index in [1.165, 1.54) is 0 Å². The number of carbonyl (C=O) groups is 2. The van der Waals surface area contributed by atoms with Gasteiger partial charge in [-0.15, -0.1) is 0 Å². The first kappa shape index (κ1) is 12.2. The van der Waals surface area contributed by atoms with E-state index in [2.05, 4.69) is 6.58 Å². The zero-order valence-corrected chi connectivity index (χ0v) is 9.89. The van der Waals surface area contributed by atoms with Crippen LogP contribution in [-0.4, -0.2) is 23.7 Å². The number of fused-ring (bicyclic) bond motifs is 2. The lowest BCUT2D eigenvalue weighted by Gasteiger charge is -2.22. The molecular formula is C12H13ClO4. The lowest BCUT2D eigenvalue weighted by atomic mass is 9.83. The number of ether oxygens (including phenoxy) is 1. The van der Waals surface area contributed by atoms with Gasteiger partial charge in [0.25, 0.3) is 0 Å². The van der Waals surface area contributed by atoms with Crippen molar-refractivity contribution in [2.75, 3.05) is 6.61 Å². The Bertz CT molecular complexity index is 401. The molecular weight excluding hydrogens is 244 g/mol. The lowest BCUT2D eigenvalue weighted by molar-refractivity contribution is -0.157. The van der Waals surface area contributed by atoms with Crippen molar-refractivity contribution >= 4 is 23.5 Å². The van der Waals surface area contributed by atoms with Crippen molar-refractivity contribution in [3.63, 3.8) is 0 Å². The zero-order chi connectivity index (χ0) is 12.6. The van der Waals surface area contributed by atoms with Crippen LogP contribution in [0.5, 0.6) is 0 Å². The van der Waals surface area contributed by atoms with Crippen LogP contribution >= 0.6 is 11.6 Å². The van der Waals surface area contributed by atoms with Crippen molar-refractivity contribution in [3.8, 4) is 0 Å². The second-order valence-electron chi connectivity index (χ2n) is 4.46. The summed E-state index contributed by atoms with van der Waals surface area (Å²) in [4.78, 5) is 23.0. The van der Waals surface area contributed by atoms with Crippen LogP contribution in [0.3, 0.4) is 0 Å². The van der Waals surface area contributed by atoms with Crippen molar-refractivity contribution in [1.82, 2.24) is 0 Å². The van der Waals surface area contributed by atoms with E-state index < -0.39 is 23.8 Å². The predicted octanol–water partition coefficient (Wildman–Crippen LogP) is 1.80. The van der Waals surface area contributed by atoms with Crippen LogP contribution in [0.2, 0.25) is 0 Å². The van der Waals surface area contributed by atoms with Gasteiger partial charge in [0.15, 0.2) is 0 Å². The smallest absolute Gasteiger partial charge is 0.310 e. The van der Waals surface area contributed by atoms with Gasteiger partial charge in [0, 0.05) is 5.03 Å². The molecule has 1 saturated carbocycles. The van der Waals surface area contributed by atoms with Gasteiger partial charge in [0.2, 0.25) is 0 Å². The quantitative estimate of drug-likeness (QED) is 0.615. The third-order valence-electron chi connectivity index (χ3n) is 3.39. The highest BCUT2D eigenvalue weighted by Gasteiger charge is 2.52. The average Bonchev–Trinajstić information content (AvgIpc) is 2.84. The van der Waals surface area contributed by atoms with E-state index in [9.17, 15) is 9.59 Å². The Balaban J connectivity index is 2.08. The molecule has 2 rings (SSSR count). The van der Waals surface area contributed by atoms with Crippen LogP contribution in [0, 0.1) is 23.7 Å². The van der Waals surface area contributed by atoms with E-state index in [1.54, 1.807) is 0 Å². The molecule has 1 N–H and O–H groups in total. The SMILES string of the molecule is C=C(Cl)COC(=O)[C@H]1[C@@H](C(=O)O)[C@H]2C=C[C@@H]1C2. The number of carboxylic acid groups (broad SMARTS) is 1. The Morgan fingerprint density at radius 2 is 1.94 bits per heavy atom. The average molecular weight is 257 g/mol. The fourth-order valence-electron chi connectivity index (χ4n) is 2.73. The Kier molecular flexibility index (Phi) is 3.24. The van der Waals surface area contributed by atoms with E-state index in [4.69, 9.17) is 21.4 Å². The first-order chi connectivity index (χ1) is 8.00. The van der Waals surface area contributed by atoms with Gasteiger partial charge >= 0.3 is 11.9 Å². The number of carboxylic acids is 1. The summed E-state index contributed by atoms with van der Waals surface area (Å²) in [5, 5.41) is 9.37. The van der Waals surface area contributed by atoms with E-state index in [0.717, 1.165) is 6.42 Å². The van der Waals surface area contributed by atoms with Crippen molar-refractivity contribution in [2.24, 2.45) is 23.7 Å². The van der Waals surface area contributed by atoms with Gasteiger partial charge in [-0.3, -0.25) is 9.59 Å². The second-order valence-corrected chi connectivity index (χ2v) is 5.00. The number of esters is 1. The molecule has 0 radical (unpaired) electrons. The van der Waals surface area contributed by atoms with Gasteiger partial charge in [-0.05, 0) is 18.3 Å². The largest absolute Gasteiger partial charge is 0.481 e. The van der Waals surface area contributed by atoms with Gasteiger partial charge in [-0.2, -0.15) is 0 Å². The molecule has 0 saturated heterocycles. The molecule has 5 heteroatoms. The van der Waals surface area contributed by atoms with E-state index in [-0.39, 0.29) is 23.5 Å². The number of carbonyl (C=O) groups excluding carboxylic acids is 1. The molecule has 17 heavy (non-hydrogen) atoms. The minimum atomic E-state index is -0.937. The van der Waals surface area contributed by atoms with Crippen LogP contribution in [0.1, 0.15) is 6.42 Å². The topological polar surface area (TPSA) is 63.6 Å². The predicted molar refractivity (Wildman–Crippen MR) is 61.3 cm³/mol. The Morgan fingerprint density at radius 3 is 2.47 bits per heavy atom. The molecule has 4 atom stereocenters. The van der Waals surface area contributed by atoms with Crippen molar-refractivity contribution in [2.45, 2.75) is 6.42 Å². The molecule has 0 heterocycles. The van der Waals surface area contributed by atoms with Crippen molar-refractivity contribution in [3.05, 3.63) is 23.8 Å². The molecule has 2 aliphatic carbocycles. The molecule has 0 aliphatic heterocycles. The van der Waals surface area contributed by atoms with Gasteiger partial charge in [0.05, 0.1) is 11.8 Å². The van der Waals surface area contributed by atoms with Gasteiger partial charge in [0.1, 0.15) is 6.61 Å². The normalized spacial score (nSPS) is 33.7. The first-order valence-corrected chi connectivity index (χ1v) is 5.79. The van der Waals surface area contributed by atoms with Gasteiger partial charge in [-0.1, -0.05) is 30.3 Å². The first-order valence-electron chi connectivity index (χ1n) is 5.41. The molecule has 2 aliphatic rings. The van der Waals surface area contributed by atoms with Crippen molar-refractivity contribution < 1.29 is 19.4 Å². The highest BCUT2D eigenvalue weighted by molar-refractivity contribution is 6.29. The van der Waals surface area contributed by atoms with Crippen LogP contribution in [-0.2, 0) is 14.3 Å². The van der Waals surface area contributed by atoms with E-state index in [0.29, 0.717) is 0 Å². The summed E-state index contributed by atoms with van der Waals surface area (Å²) in [5.41, 5.74) is 0. The van der Waals surface area contributed by atoms with Gasteiger partial charge in [-0.25, -0.2) is 0 Å². The summed E-state index contributed by atoms with van der Waals surface area (Å²) in [5.74, 6) is -2.74. The maximum atomic E-state index is 11.8. The zero-order valence-electron chi connectivity index (χ0n) is 9.14. The second kappa shape index (κ2) is 4.53. The minimum absolute atomic E-state index is 0.0165. The number of allylic oxidation sites excluding steroid dienone is 2. The van der Waals surface area contributed by atoms with E-state index in [1.807, 2.05) is 12.2 Å². The fraction of sp³-hybridized carbons (Fsp3) is 0.500. The highest BCUT2D eigenvalue weighted by Crippen LogP contribution is 2.48. The maximum absolute atomic E-state index is 11.8. The number of halogens is 1. The number of hydrogen-bond donors (Lipinski definition) is 1. The Morgan fingerprint density at radius 1 is 1.35 bits per heavy atom. The molecule has 1 fully saturated rings. The minimum Gasteiger partial charge on any atom is -0.481 e. The van der Waals surface area contributed by atoms with Crippen LogP contribution < -0.4 is 0 Å². The highest BCUT2D eigenvalue weighted by atomic mass is 35.5. The van der Waals surface area contributed by atoms with Crippen molar-refractivity contribution in [1.29, 1.82) is 0 Å². The Hall–Kier alpha value is -1.29. The summed E-state index contributed by atoms with van der Waals surface area (Å²) < 4.78 is 4.95. The number of hydrogen-bond acceptors (Lipinski definition) is 3. The number of aliphatic carboxylic acids is 1. The summed E-state index contributed by atoms with van der Waals surface area (Å²) in [7, 11) is 0. The fourth-order valence-corrected chi connectivity index (χ4v) is 2.78. The molecule has 0 aromatic heterocycles. The van der Waals surface area contributed by atoms with Crippen LogP contribution in [0.4, 0.5) is 0 Å². The molecule has 0 aromatic carbocycles. The lowest BCUT2D eigenvalue weighted by Crippen LogP contribution is -2.34. The molecule has 2 bridgehead atoms. The van der Waals surface area contributed by atoms with Gasteiger partial charge < -0.3 is 9.84 Å². The van der Waals surface area contributed by atoms with Crippen LogP contribution in [0.15, 0.2) is 23.8 Å². The molecule has 4 nitrogen and oxygen atoms in total. The summed E-state index contributed by atoms with van der Waals surface area (Å²) in [6, 6.07) is 0. The molecule has 0 spiro atoms. The van der Waals surface area contributed by atoms with Crippen LogP contribution in [0.25, 0.3) is 0 Å². The standard InChI is InChI=1S/C12H13ClO4/c1-6(13)5-17-12(16)10-8-3-2-7(4-8)9(10)11(14)15/h2-3,7-10H,1,4-5H2,(H,14,15)/t7-,8+,9-,10+/m0/s1. The summed E-state index contributed by atoms with van der Waals surface area (Å²) >= 11 is 5.50. The van der Waals surface area contributed by atoms with E-state index >= 15 is 0 Å². The molecule has 0 unspecified atom stereocenters. The maximum Gasteiger partial charge on any atom is 0.310 e. The third-order valence-corrected chi connectivity index (χ3v) is 3.50. The molecule has 0 aromatic rings. The molecule has 0 amide bonds. The Labute approximate surface area is 104 Å². The third kappa shape index (κ3) is 2.22. The number of rotatable bonds is 4. The monoisotopic (exact) mass is 256 g/mol.